The smallest absolute Gasteiger partial charge is 0.318 e. The van der Waals surface area contributed by atoms with E-state index in [0.717, 1.165) is 13.4 Å². The number of fused-ring (bicyclic) bond motifs is 1. The van der Waals surface area contributed by atoms with Crippen molar-refractivity contribution in [2.45, 2.75) is 30.9 Å². The van der Waals surface area contributed by atoms with Crippen molar-refractivity contribution in [3.05, 3.63) is 29.3 Å². The van der Waals surface area contributed by atoms with Crippen LogP contribution in [0.5, 0.6) is 11.5 Å². The minimum absolute atomic E-state index is 0.0781. The molecule has 4 rings (SSSR count). The Bertz CT molecular complexity index is 1170. The van der Waals surface area contributed by atoms with E-state index in [1.807, 2.05) is 0 Å². The molecule has 1 aromatic rings. The van der Waals surface area contributed by atoms with Gasteiger partial charge in [-0.15, -0.1) is 0 Å². The molecular weight excluding hydrogens is 454 g/mol. The molecule has 3 aliphatic rings. The molecule has 0 N–H and O–H groups in total. The van der Waals surface area contributed by atoms with Crippen LogP contribution < -0.4 is 9.47 Å². The Morgan fingerprint density at radius 2 is 1.79 bits per heavy atom. The number of hydrogen-bond acceptors (Lipinski definition) is 9. The molecule has 2 aliphatic heterocycles. The molecule has 1 aromatic carbocycles. The Hall–Kier alpha value is -2.92. The van der Waals surface area contributed by atoms with Crippen molar-refractivity contribution in [2.75, 3.05) is 34.1 Å². The number of nitrogens with zero attached hydrogens (tertiary/aromatic N) is 1. The van der Waals surface area contributed by atoms with Gasteiger partial charge in [-0.1, -0.05) is 12.2 Å². The fraction of sp³-hybridized carbons (Fsp3) is 0.500. The summed E-state index contributed by atoms with van der Waals surface area (Å²) in [6.45, 7) is 0.0781. The van der Waals surface area contributed by atoms with Crippen molar-refractivity contribution in [1.29, 1.82) is 0 Å². The number of methoxy groups -OCH3 is 3. The fourth-order valence-electron chi connectivity index (χ4n) is 5.59. The van der Waals surface area contributed by atoms with Crippen LogP contribution in [0.15, 0.2) is 18.2 Å². The number of rotatable bonds is 5. The molecule has 2 heterocycles. The standard InChI is InChI=1S/C22H25NO9S/c1-29-16-10-13-6-5-9-23-19(25)18(32-33(4,27)28)21(20(26)31-3)12-14(24)7-8-22(21,23)15(13)11-17(16)30-2/h5-6,10-11,18H,7-9,12H2,1-4H3/t18-,21-,22+/m0/s1. The summed E-state index contributed by atoms with van der Waals surface area (Å²) in [6.07, 6.45) is 2.34. The number of benzene rings is 1. The van der Waals surface area contributed by atoms with Crippen LogP contribution in [-0.2, 0) is 39.0 Å². The van der Waals surface area contributed by atoms with Gasteiger partial charge < -0.3 is 19.1 Å². The second kappa shape index (κ2) is 7.84. The normalized spacial score (nSPS) is 28.5. The third-order valence-electron chi connectivity index (χ3n) is 6.79. The zero-order valence-corrected chi connectivity index (χ0v) is 19.6. The van der Waals surface area contributed by atoms with E-state index in [4.69, 9.17) is 18.4 Å². The minimum atomic E-state index is -4.17. The van der Waals surface area contributed by atoms with E-state index in [1.165, 1.54) is 19.1 Å². The Kier molecular flexibility index (Phi) is 5.52. The van der Waals surface area contributed by atoms with Gasteiger partial charge in [0.15, 0.2) is 17.6 Å². The lowest BCUT2D eigenvalue weighted by molar-refractivity contribution is -0.172. The van der Waals surface area contributed by atoms with Crippen molar-refractivity contribution in [1.82, 2.24) is 4.90 Å². The summed E-state index contributed by atoms with van der Waals surface area (Å²) in [5, 5.41) is 0. The van der Waals surface area contributed by atoms with Crippen LogP contribution in [0, 0.1) is 5.41 Å². The van der Waals surface area contributed by atoms with E-state index in [9.17, 15) is 22.8 Å². The van der Waals surface area contributed by atoms with E-state index < -0.39 is 45.5 Å². The van der Waals surface area contributed by atoms with E-state index in [-0.39, 0.29) is 25.2 Å². The second-order valence-corrected chi connectivity index (χ2v) is 9.97. The summed E-state index contributed by atoms with van der Waals surface area (Å²) in [6, 6.07) is 3.39. The van der Waals surface area contributed by atoms with E-state index in [1.54, 1.807) is 24.3 Å². The average molecular weight is 480 g/mol. The molecule has 2 fully saturated rings. The highest BCUT2D eigenvalue weighted by molar-refractivity contribution is 7.86. The van der Waals surface area contributed by atoms with Crippen LogP contribution >= 0.6 is 0 Å². The predicted octanol–water partition coefficient (Wildman–Crippen LogP) is 1.03. The molecule has 33 heavy (non-hydrogen) atoms. The monoisotopic (exact) mass is 479 g/mol. The highest BCUT2D eigenvalue weighted by atomic mass is 32.2. The van der Waals surface area contributed by atoms with Crippen molar-refractivity contribution in [3.8, 4) is 11.5 Å². The van der Waals surface area contributed by atoms with Crippen LogP contribution in [0.3, 0.4) is 0 Å². The molecular formula is C22H25NO9S. The lowest BCUT2D eigenvalue weighted by atomic mass is 9.57. The molecule has 1 spiro atoms. The summed E-state index contributed by atoms with van der Waals surface area (Å²) >= 11 is 0. The average Bonchev–Trinajstić information content (AvgIpc) is 2.88. The van der Waals surface area contributed by atoms with E-state index in [0.29, 0.717) is 22.6 Å². The van der Waals surface area contributed by atoms with Crippen LogP contribution in [0.25, 0.3) is 6.08 Å². The molecule has 0 aromatic heterocycles. The van der Waals surface area contributed by atoms with Gasteiger partial charge in [0.1, 0.15) is 11.2 Å². The third kappa shape index (κ3) is 3.17. The molecule has 1 saturated heterocycles. The van der Waals surface area contributed by atoms with Gasteiger partial charge in [0.05, 0.1) is 33.1 Å². The Labute approximate surface area is 191 Å². The first-order valence-corrected chi connectivity index (χ1v) is 12.1. The number of Topliss-reactive ketones (excluding diaryl/α,β-unsaturated/α-hetero) is 1. The van der Waals surface area contributed by atoms with Gasteiger partial charge in [0.2, 0.25) is 0 Å². The molecule has 1 saturated carbocycles. The Morgan fingerprint density at radius 3 is 2.39 bits per heavy atom. The lowest BCUT2D eigenvalue weighted by Crippen LogP contribution is -2.61. The van der Waals surface area contributed by atoms with Gasteiger partial charge in [-0.25, -0.2) is 0 Å². The third-order valence-corrected chi connectivity index (χ3v) is 7.33. The molecule has 11 heteroatoms. The largest absolute Gasteiger partial charge is 0.493 e. The van der Waals surface area contributed by atoms with Crippen molar-refractivity contribution in [3.63, 3.8) is 0 Å². The molecule has 0 unspecified atom stereocenters. The Morgan fingerprint density at radius 1 is 1.12 bits per heavy atom. The number of ketones is 1. The number of amides is 1. The van der Waals surface area contributed by atoms with E-state index >= 15 is 0 Å². The van der Waals surface area contributed by atoms with Gasteiger partial charge in [0, 0.05) is 19.4 Å². The molecule has 3 atom stereocenters. The zero-order valence-electron chi connectivity index (χ0n) is 18.7. The maximum absolute atomic E-state index is 13.7. The highest BCUT2D eigenvalue weighted by Gasteiger charge is 2.76. The predicted molar refractivity (Wildman–Crippen MR) is 115 cm³/mol. The molecule has 1 aliphatic carbocycles. The zero-order chi connectivity index (χ0) is 24.2. The first-order chi connectivity index (χ1) is 15.6. The van der Waals surface area contributed by atoms with Gasteiger partial charge in [0.25, 0.3) is 16.0 Å². The molecule has 178 valence electrons. The van der Waals surface area contributed by atoms with Crippen molar-refractivity contribution >= 4 is 33.9 Å². The number of esters is 1. The first-order valence-electron chi connectivity index (χ1n) is 10.3. The minimum Gasteiger partial charge on any atom is -0.493 e. The molecule has 1 amide bonds. The van der Waals surface area contributed by atoms with Crippen molar-refractivity contribution in [2.24, 2.45) is 5.41 Å². The van der Waals surface area contributed by atoms with Gasteiger partial charge >= 0.3 is 5.97 Å². The maximum Gasteiger partial charge on any atom is 0.318 e. The van der Waals surface area contributed by atoms with E-state index in [2.05, 4.69) is 0 Å². The van der Waals surface area contributed by atoms with Crippen LogP contribution in [0.4, 0.5) is 0 Å². The molecule has 0 bridgehead atoms. The number of carbonyl (C=O) groups excluding carboxylic acids is 3. The summed E-state index contributed by atoms with van der Waals surface area (Å²) in [5.74, 6) is -1.08. The van der Waals surface area contributed by atoms with Crippen LogP contribution in [-0.4, -0.2) is 71.2 Å². The van der Waals surface area contributed by atoms with Crippen LogP contribution in [0.2, 0.25) is 0 Å². The number of hydrogen-bond donors (Lipinski definition) is 0. The summed E-state index contributed by atoms with van der Waals surface area (Å²) in [7, 11) is -0.0897. The Balaban J connectivity index is 2.11. The lowest BCUT2D eigenvalue weighted by Gasteiger charge is -2.50. The van der Waals surface area contributed by atoms with Crippen LogP contribution in [0.1, 0.15) is 30.4 Å². The van der Waals surface area contributed by atoms with Gasteiger partial charge in [-0.05, 0) is 29.7 Å². The van der Waals surface area contributed by atoms with Gasteiger partial charge in [-0.3, -0.25) is 18.6 Å². The topological polar surface area (TPSA) is 126 Å². The SMILES string of the molecule is COC(=O)[C@@]12CC(=O)CC[C@@]13c1cc(OC)c(OC)cc1C=CCN3C(=O)[C@@H]2OS(C)(=O)=O. The number of ether oxygens (including phenoxy) is 3. The first kappa shape index (κ1) is 23.2. The molecule has 10 nitrogen and oxygen atoms in total. The summed E-state index contributed by atoms with van der Waals surface area (Å²) < 4.78 is 45.6. The summed E-state index contributed by atoms with van der Waals surface area (Å²) in [5.41, 5.74) is -2.15. The second-order valence-electron chi connectivity index (χ2n) is 8.36. The maximum atomic E-state index is 13.7. The summed E-state index contributed by atoms with van der Waals surface area (Å²) in [4.78, 5) is 41.4. The van der Waals surface area contributed by atoms with Gasteiger partial charge in [-0.2, -0.15) is 8.42 Å². The highest BCUT2D eigenvalue weighted by Crippen LogP contribution is 2.63. The quantitative estimate of drug-likeness (QED) is 0.449. The molecule has 0 radical (unpaired) electrons. The fourth-order valence-corrected chi connectivity index (χ4v) is 6.18. The van der Waals surface area contributed by atoms with Crippen molar-refractivity contribution < 1.29 is 41.2 Å². The number of carbonyl (C=O) groups is 3.